The summed E-state index contributed by atoms with van der Waals surface area (Å²) < 4.78 is 11.6. The number of anilines is 2. The molecule has 11 nitrogen and oxygen atoms in total. The summed E-state index contributed by atoms with van der Waals surface area (Å²) in [5.74, 6) is -0.241. The molecule has 0 bridgehead atoms. The molecule has 2 unspecified atom stereocenters. The lowest BCUT2D eigenvalue weighted by Gasteiger charge is -2.37. The lowest BCUT2D eigenvalue weighted by molar-refractivity contribution is -0.123. The lowest BCUT2D eigenvalue weighted by atomic mass is 9.83. The molecule has 0 spiro atoms. The third-order valence-electron chi connectivity index (χ3n) is 8.19. The molecule has 1 aliphatic carbocycles. The number of carbonyl (C=O) groups excluding carboxylic acids is 3. The van der Waals surface area contributed by atoms with E-state index in [1.54, 1.807) is 7.05 Å². The van der Waals surface area contributed by atoms with Crippen LogP contribution in [0.1, 0.15) is 68.9 Å². The van der Waals surface area contributed by atoms with Crippen molar-refractivity contribution in [3.8, 4) is 5.88 Å². The number of Topliss-reactive ketones (excluding diaryl/α,β-unsaturated/α-hetero) is 2. The zero-order valence-electron chi connectivity index (χ0n) is 23.6. The molecule has 2 saturated heterocycles. The summed E-state index contributed by atoms with van der Waals surface area (Å²) in [7, 11) is 5.53. The third kappa shape index (κ3) is 6.24. The minimum atomic E-state index is -0.451. The largest absolute Gasteiger partial charge is 0.474 e. The third-order valence-corrected chi connectivity index (χ3v) is 8.19. The van der Waals surface area contributed by atoms with Gasteiger partial charge in [-0.2, -0.15) is 4.98 Å². The van der Waals surface area contributed by atoms with Gasteiger partial charge in [0, 0.05) is 37.8 Å². The highest BCUT2D eigenvalue weighted by Gasteiger charge is 2.34. The van der Waals surface area contributed by atoms with Crippen LogP contribution in [0.3, 0.4) is 0 Å². The number of allylic oxidation sites excluding steroid dienone is 2. The normalized spacial score (nSPS) is 22.7. The molecule has 2 N–H and O–H groups in total. The zero-order chi connectivity index (χ0) is 28.1. The fourth-order valence-corrected chi connectivity index (χ4v) is 5.51. The second-order valence-electron chi connectivity index (χ2n) is 10.9. The second-order valence-corrected chi connectivity index (χ2v) is 10.9. The van der Waals surface area contributed by atoms with E-state index in [-0.39, 0.29) is 29.6 Å². The van der Waals surface area contributed by atoms with Gasteiger partial charge in [-0.15, -0.1) is 0 Å². The molecule has 1 aromatic rings. The van der Waals surface area contributed by atoms with E-state index in [2.05, 4.69) is 16.9 Å². The van der Waals surface area contributed by atoms with Crippen LogP contribution in [-0.2, 0) is 14.3 Å². The Bertz CT molecular complexity index is 1100. The fourth-order valence-electron chi connectivity index (χ4n) is 5.51. The molecule has 3 aliphatic rings. The van der Waals surface area contributed by atoms with Gasteiger partial charge in [0.15, 0.2) is 5.82 Å². The molecular weight excluding hydrogens is 500 g/mol. The van der Waals surface area contributed by atoms with E-state index in [1.165, 1.54) is 4.90 Å². The van der Waals surface area contributed by atoms with Crippen LogP contribution in [0.2, 0.25) is 0 Å². The molecule has 0 radical (unpaired) electrons. The Morgan fingerprint density at radius 2 is 1.97 bits per heavy atom. The molecular formula is C28H42N6O5. The summed E-state index contributed by atoms with van der Waals surface area (Å²) in [4.78, 5) is 53.4. The van der Waals surface area contributed by atoms with Gasteiger partial charge < -0.3 is 29.9 Å². The van der Waals surface area contributed by atoms with Crippen molar-refractivity contribution < 1.29 is 23.9 Å². The number of nitrogens with two attached hydrogens (primary N) is 1. The van der Waals surface area contributed by atoms with Gasteiger partial charge in [-0.05, 0) is 45.7 Å². The number of likely N-dealkylation sites (N-methyl/N-ethyl adjacent to an activating group) is 2. The summed E-state index contributed by atoms with van der Waals surface area (Å²) >= 11 is 0. The summed E-state index contributed by atoms with van der Waals surface area (Å²) in [5.41, 5.74) is 7.66. The van der Waals surface area contributed by atoms with Crippen molar-refractivity contribution >= 4 is 29.5 Å². The van der Waals surface area contributed by atoms with E-state index in [4.69, 9.17) is 20.2 Å². The number of carbonyl (C=O) groups is 3. The highest BCUT2D eigenvalue weighted by molar-refractivity contribution is 6.08. The second kappa shape index (κ2) is 12.9. The molecule has 2 aliphatic heterocycles. The van der Waals surface area contributed by atoms with Gasteiger partial charge in [0.25, 0.3) is 0 Å². The van der Waals surface area contributed by atoms with E-state index < -0.39 is 11.7 Å². The maximum Gasteiger partial charge on any atom is 0.244 e. The Kier molecular flexibility index (Phi) is 9.55. The van der Waals surface area contributed by atoms with Gasteiger partial charge >= 0.3 is 0 Å². The number of hydrogen-bond acceptors (Lipinski definition) is 10. The Balaban J connectivity index is 1.79. The smallest absolute Gasteiger partial charge is 0.244 e. The highest BCUT2D eigenvalue weighted by atomic mass is 16.5. The molecule has 2 atom stereocenters. The Morgan fingerprint density at radius 1 is 1.21 bits per heavy atom. The van der Waals surface area contributed by atoms with Crippen LogP contribution >= 0.6 is 0 Å². The number of rotatable bonds is 12. The van der Waals surface area contributed by atoms with Gasteiger partial charge in [0.1, 0.15) is 18.1 Å². The van der Waals surface area contributed by atoms with Crippen molar-refractivity contribution in [1.29, 1.82) is 0 Å². The number of nitrogens with zero attached hydrogens (tertiary/aromatic N) is 5. The molecule has 1 aromatic heterocycles. The van der Waals surface area contributed by atoms with E-state index in [9.17, 15) is 14.4 Å². The van der Waals surface area contributed by atoms with Crippen molar-refractivity contribution in [2.45, 2.75) is 70.4 Å². The first kappa shape index (κ1) is 28.9. The van der Waals surface area contributed by atoms with Crippen molar-refractivity contribution in [1.82, 2.24) is 14.9 Å². The quantitative estimate of drug-likeness (QED) is 0.238. The van der Waals surface area contributed by atoms with E-state index in [1.807, 2.05) is 18.9 Å². The van der Waals surface area contributed by atoms with Gasteiger partial charge in [0.05, 0.1) is 25.2 Å². The van der Waals surface area contributed by atoms with Gasteiger partial charge in [-0.3, -0.25) is 14.4 Å². The van der Waals surface area contributed by atoms with Crippen molar-refractivity contribution in [2.75, 3.05) is 57.3 Å². The maximum absolute atomic E-state index is 14.0. The lowest BCUT2D eigenvalue weighted by Crippen LogP contribution is -2.48. The van der Waals surface area contributed by atoms with Crippen LogP contribution in [0.15, 0.2) is 11.3 Å². The van der Waals surface area contributed by atoms with Gasteiger partial charge in [0.2, 0.25) is 23.9 Å². The van der Waals surface area contributed by atoms with Crippen LogP contribution in [0.25, 0.3) is 0 Å². The van der Waals surface area contributed by atoms with Crippen LogP contribution < -0.4 is 20.3 Å². The van der Waals surface area contributed by atoms with E-state index >= 15 is 0 Å². The average Bonchev–Trinajstić information content (AvgIpc) is 3.32. The van der Waals surface area contributed by atoms with Crippen LogP contribution in [0, 0.1) is 5.92 Å². The Morgan fingerprint density at radius 3 is 2.56 bits per heavy atom. The number of likely N-dealkylation sites (tertiary alicyclic amines) is 1. The number of amides is 1. The standard InChI is InChI=1S/C28H42N6O5/c1-5-9-21(23(29)20-11-6-7-12-22(20)36)25(37)26-30-27(34(4)19-14-38-15-19)24(33(3)17-35)28(31-26)39-16-18-10-8-13-32(18)2/h17-20H,5-16,29H2,1-4H3/b23-21-. The molecule has 1 saturated carbocycles. The minimum absolute atomic E-state index is 0.0334. The van der Waals surface area contributed by atoms with Gasteiger partial charge in [-0.25, -0.2) is 4.98 Å². The summed E-state index contributed by atoms with van der Waals surface area (Å²) in [6, 6.07) is 0.240. The fraction of sp³-hybridized carbons (Fsp3) is 0.679. The molecule has 0 aromatic carbocycles. The SMILES string of the molecule is CCC/C(C(=O)c1nc(OCC2CCCN2C)c(N(C)C=O)c(N(C)C2COC2)n1)=C(/N)C1CCCCC1=O. The molecule has 3 fully saturated rings. The molecule has 214 valence electrons. The topological polar surface area (TPSA) is 131 Å². The minimum Gasteiger partial charge on any atom is -0.474 e. The molecule has 11 heteroatoms. The van der Waals surface area contributed by atoms with Crippen LogP contribution in [0.4, 0.5) is 11.5 Å². The Hall–Kier alpha value is -3.05. The predicted molar refractivity (Wildman–Crippen MR) is 148 cm³/mol. The maximum atomic E-state index is 14.0. The highest BCUT2D eigenvalue weighted by Crippen LogP contribution is 2.37. The summed E-state index contributed by atoms with van der Waals surface area (Å²) in [5, 5.41) is 0. The van der Waals surface area contributed by atoms with Crippen LogP contribution in [-0.4, -0.2) is 92.4 Å². The summed E-state index contributed by atoms with van der Waals surface area (Å²) in [6.07, 6.45) is 6.73. The Labute approximate surface area is 230 Å². The first-order chi connectivity index (χ1) is 18.8. The van der Waals surface area contributed by atoms with E-state index in [0.717, 1.165) is 32.2 Å². The molecule has 4 rings (SSSR count). The van der Waals surface area contributed by atoms with Crippen LogP contribution in [0.5, 0.6) is 5.88 Å². The van der Waals surface area contributed by atoms with Gasteiger partial charge in [-0.1, -0.05) is 19.8 Å². The van der Waals surface area contributed by atoms with E-state index in [0.29, 0.717) is 74.7 Å². The number of aromatic nitrogens is 2. The number of ketones is 2. The predicted octanol–water partition coefficient (Wildman–Crippen LogP) is 2.33. The zero-order valence-corrected chi connectivity index (χ0v) is 23.6. The summed E-state index contributed by atoms with van der Waals surface area (Å²) in [6.45, 7) is 4.34. The molecule has 39 heavy (non-hydrogen) atoms. The monoisotopic (exact) mass is 542 g/mol. The van der Waals surface area contributed by atoms with Crippen molar-refractivity contribution in [2.24, 2.45) is 11.7 Å². The average molecular weight is 543 g/mol. The number of ether oxygens (including phenoxy) is 2. The molecule has 1 amide bonds. The number of hydrogen-bond donors (Lipinski definition) is 1. The molecule has 3 heterocycles. The first-order valence-corrected chi connectivity index (χ1v) is 14.1. The van der Waals surface area contributed by atoms with Crippen molar-refractivity contribution in [3.63, 3.8) is 0 Å². The first-order valence-electron chi connectivity index (χ1n) is 14.1. The van der Waals surface area contributed by atoms with Crippen molar-refractivity contribution in [3.05, 3.63) is 17.1 Å².